The van der Waals surface area contributed by atoms with Crippen molar-refractivity contribution in [3.8, 4) is 0 Å². The zero-order valence-electron chi connectivity index (χ0n) is 15.9. The van der Waals surface area contributed by atoms with Crippen molar-refractivity contribution in [3.63, 3.8) is 0 Å². The number of carbonyl (C=O) groups excluding carboxylic acids is 1. The Morgan fingerprint density at radius 3 is 2.52 bits per heavy atom. The maximum absolute atomic E-state index is 13.8. The highest BCUT2D eigenvalue weighted by Crippen LogP contribution is 2.21. The summed E-state index contributed by atoms with van der Waals surface area (Å²) in [5, 5.41) is 5.66. The van der Waals surface area contributed by atoms with Crippen molar-refractivity contribution in [2.75, 3.05) is 39.0 Å². The molecule has 1 fully saturated rings. The van der Waals surface area contributed by atoms with Crippen LogP contribution >= 0.6 is 0 Å². The molecule has 3 rings (SSSR count). The van der Waals surface area contributed by atoms with Gasteiger partial charge in [0.05, 0.1) is 5.69 Å². The van der Waals surface area contributed by atoms with Crippen LogP contribution in [0.1, 0.15) is 5.56 Å². The van der Waals surface area contributed by atoms with Gasteiger partial charge in [0, 0.05) is 38.1 Å². The fraction of sp³-hybridized carbons (Fsp3) is 0.381. The minimum absolute atomic E-state index is 0.0166. The maximum Gasteiger partial charge on any atom is 0.319 e. The van der Waals surface area contributed by atoms with Gasteiger partial charge in [-0.1, -0.05) is 42.5 Å². The molecule has 2 amide bonds. The SMILES string of the molecule is CN(C)C[C@@H]1CN(Cc2ccccc2)C[C@H]1NC(=O)Nc1ccccc1F. The number of halogens is 1. The minimum Gasteiger partial charge on any atom is -0.333 e. The highest BCUT2D eigenvalue weighted by Gasteiger charge is 2.34. The van der Waals surface area contributed by atoms with Gasteiger partial charge >= 0.3 is 6.03 Å². The molecule has 2 N–H and O–H groups in total. The molecule has 1 saturated heterocycles. The topological polar surface area (TPSA) is 47.6 Å². The first-order valence-electron chi connectivity index (χ1n) is 9.24. The normalized spacial score (nSPS) is 20.0. The van der Waals surface area contributed by atoms with Crippen LogP contribution in [0.2, 0.25) is 0 Å². The highest BCUT2D eigenvalue weighted by molar-refractivity contribution is 5.89. The second-order valence-electron chi connectivity index (χ2n) is 7.39. The number of rotatable bonds is 6. The number of nitrogens with one attached hydrogen (secondary N) is 2. The van der Waals surface area contributed by atoms with Crippen LogP contribution in [0.4, 0.5) is 14.9 Å². The van der Waals surface area contributed by atoms with Crippen LogP contribution in [-0.2, 0) is 6.54 Å². The lowest BCUT2D eigenvalue weighted by molar-refractivity contribution is 0.241. The van der Waals surface area contributed by atoms with Gasteiger partial charge in [-0.3, -0.25) is 4.90 Å². The van der Waals surface area contributed by atoms with E-state index in [9.17, 15) is 9.18 Å². The number of para-hydroxylation sites is 1. The lowest BCUT2D eigenvalue weighted by atomic mass is 10.0. The monoisotopic (exact) mass is 370 g/mol. The molecule has 0 aliphatic carbocycles. The number of benzene rings is 2. The van der Waals surface area contributed by atoms with Gasteiger partial charge in [0.2, 0.25) is 0 Å². The van der Waals surface area contributed by atoms with Crippen molar-refractivity contribution in [3.05, 3.63) is 66.0 Å². The van der Waals surface area contributed by atoms with Crippen molar-refractivity contribution in [1.82, 2.24) is 15.1 Å². The zero-order chi connectivity index (χ0) is 19.2. The Morgan fingerprint density at radius 2 is 1.81 bits per heavy atom. The van der Waals surface area contributed by atoms with Crippen molar-refractivity contribution in [1.29, 1.82) is 0 Å². The standard InChI is InChI=1S/C21H27FN4O/c1-25(2)13-17-14-26(12-16-8-4-3-5-9-16)15-20(17)24-21(27)23-19-11-7-6-10-18(19)22/h3-11,17,20H,12-15H2,1-2H3,(H2,23,24,27)/t17-,20-/m1/s1. The number of carbonyl (C=O) groups is 1. The minimum atomic E-state index is -0.436. The van der Waals surface area contributed by atoms with Crippen LogP contribution in [0.15, 0.2) is 54.6 Å². The van der Waals surface area contributed by atoms with Gasteiger partial charge in [0.25, 0.3) is 0 Å². The van der Waals surface area contributed by atoms with E-state index >= 15 is 0 Å². The Hall–Kier alpha value is -2.44. The molecular weight excluding hydrogens is 343 g/mol. The van der Waals surface area contributed by atoms with Crippen LogP contribution in [0, 0.1) is 11.7 Å². The Kier molecular flexibility index (Phi) is 6.42. The molecule has 2 aromatic carbocycles. The van der Waals surface area contributed by atoms with Gasteiger partial charge in [0.15, 0.2) is 0 Å². The van der Waals surface area contributed by atoms with E-state index in [0.717, 1.165) is 26.2 Å². The highest BCUT2D eigenvalue weighted by atomic mass is 19.1. The summed E-state index contributed by atoms with van der Waals surface area (Å²) in [5.41, 5.74) is 1.45. The van der Waals surface area contributed by atoms with E-state index in [2.05, 4.69) is 32.6 Å². The molecule has 0 aromatic heterocycles. The molecule has 0 bridgehead atoms. The molecule has 6 heteroatoms. The number of hydrogen-bond acceptors (Lipinski definition) is 3. The molecule has 27 heavy (non-hydrogen) atoms. The average Bonchev–Trinajstić information content (AvgIpc) is 2.98. The second-order valence-corrected chi connectivity index (χ2v) is 7.39. The van der Waals surface area contributed by atoms with E-state index in [0.29, 0.717) is 5.92 Å². The first-order valence-corrected chi connectivity index (χ1v) is 9.24. The number of anilines is 1. The number of nitrogens with zero attached hydrogens (tertiary/aromatic N) is 2. The average molecular weight is 370 g/mol. The van der Waals surface area contributed by atoms with Crippen LogP contribution < -0.4 is 10.6 Å². The summed E-state index contributed by atoms with van der Waals surface area (Å²) in [6.07, 6.45) is 0. The molecule has 144 valence electrons. The number of likely N-dealkylation sites (tertiary alicyclic amines) is 1. The zero-order valence-corrected chi connectivity index (χ0v) is 15.9. The molecular formula is C21H27FN4O. The molecule has 5 nitrogen and oxygen atoms in total. The third-order valence-electron chi connectivity index (χ3n) is 4.80. The van der Waals surface area contributed by atoms with Gasteiger partial charge in [0.1, 0.15) is 5.82 Å². The lowest BCUT2D eigenvalue weighted by Gasteiger charge is -2.23. The van der Waals surface area contributed by atoms with Crippen molar-refractivity contribution < 1.29 is 9.18 Å². The molecule has 1 aliphatic rings. The molecule has 0 saturated carbocycles. The second kappa shape index (κ2) is 8.97. The summed E-state index contributed by atoms with van der Waals surface area (Å²) >= 11 is 0. The Labute approximate surface area is 160 Å². The van der Waals surface area contributed by atoms with Gasteiger partial charge in [-0.05, 0) is 31.8 Å². The van der Waals surface area contributed by atoms with Crippen LogP contribution in [0.5, 0.6) is 0 Å². The van der Waals surface area contributed by atoms with Crippen molar-refractivity contribution >= 4 is 11.7 Å². The summed E-state index contributed by atoms with van der Waals surface area (Å²) in [5.74, 6) is -0.121. The molecule has 2 atom stereocenters. The van der Waals surface area contributed by atoms with Crippen molar-refractivity contribution in [2.45, 2.75) is 12.6 Å². The summed E-state index contributed by atoms with van der Waals surface area (Å²) in [4.78, 5) is 16.9. The van der Waals surface area contributed by atoms with Gasteiger partial charge in [-0.15, -0.1) is 0 Å². The van der Waals surface area contributed by atoms with E-state index in [-0.39, 0.29) is 17.8 Å². The van der Waals surface area contributed by atoms with E-state index in [4.69, 9.17) is 0 Å². The maximum atomic E-state index is 13.8. The van der Waals surface area contributed by atoms with Crippen LogP contribution in [0.25, 0.3) is 0 Å². The first-order chi connectivity index (χ1) is 13.0. The van der Waals surface area contributed by atoms with E-state index in [1.807, 2.05) is 32.3 Å². The number of urea groups is 1. The summed E-state index contributed by atoms with van der Waals surface area (Å²) < 4.78 is 13.8. The fourth-order valence-electron chi connectivity index (χ4n) is 3.64. The van der Waals surface area contributed by atoms with Crippen LogP contribution in [-0.4, -0.2) is 55.6 Å². The quantitative estimate of drug-likeness (QED) is 0.822. The number of hydrogen-bond donors (Lipinski definition) is 2. The van der Waals surface area contributed by atoms with E-state index in [1.165, 1.54) is 11.6 Å². The molecule has 0 unspecified atom stereocenters. The van der Waals surface area contributed by atoms with Gasteiger partial charge in [-0.2, -0.15) is 0 Å². The van der Waals surface area contributed by atoms with Gasteiger partial charge < -0.3 is 15.5 Å². The van der Waals surface area contributed by atoms with Crippen molar-refractivity contribution in [2.24, 2.45) is 5.92 Å². The Bertz CT molecular complexity index is 753. The van der Waals surface area contributed by atoms with Crippen LogP contribution in [0.3, 0.4) is 0 Å². The summed E-state index contributed by atoms with van der Waals surface area (Å²) in [7, 11) is 4.08. The van der Waals surface area contributed by atoms with Gasteiger partial charge in [-0.25, -0.2) is 9.18 Å². The molecule has 2 aromatic rings. The Morgan fingerprint density at radius 1 is 1.11 bits per heavy atom. The fourth-order valence-corrected chi connectivity index (χ4v) is 3.64. The molecule has 1 heterocycles. The number of amides is 2. The van der Waals surface area contributed by atoms with E-state index in [1.54, 1.807) is 18.2 Å². The molecule has 1 aliphatic heterocycles. The predicted molar refractivity (Wildman–Crippen MR) is 106 cm³/mol. The predicted octanol–water partition coefficient (Wildman–Crippen LogP) is 3.01. The van der Waals surface area contributed by atoms with E-state index < -0.39 is 5.82 Å². The largest absolute Gasteiger partial charge is 0.333 e. The molecule has 0 radical (unpaired) electrons. The summed E-state index contributed by atoms with van der Waals surface area (Å²) in [6.45, 7) is 3.43. The lowest BCUT2D eigenvalue weighted by Crippen LogP contribution is -2.45. The smallest absolute Gasteiger partial charge is 0.319 e. The Balaban J connectivity index is 1.62. The third kappa shape index (κ3) is 5.52. The summed E-state index contributed by atoms with van der Waals surface area (Å²) in [6, 6.07) is 16.2. The first kappa shape index (κ1) is 19.3. The molecule has 0 spiro atoms. The third-order valence-corrected chi connectivity index (χ3v) is 4.80.